The third kappa shape index (κ3) is 3.86. The molecule has 1 aliphatic rings. The van der Waals surface area contributed by atoms with Crippen LogP contribution in [0.3, 0.4) is 0 Å². The van der Waals surface area contributed by atoms with Crippen LogP contribution < -0.4 is 4.90 Å². The Morgan fingerprint density at radius 2 is 1.39 bits per heavy atom. The number of hydrogen-bond donors (Lipinski definition) is 0. The summed E-state index contributed by atoms with van der Waals surface area (Å²) in [5.41, 5.74) is 1.69. The van der Waals surface area contributed by atoms with E-state index in [2.05, 4.69) is 4.90 Å². The number of alkyl halides is 3. The molecule has 1 aliphatic heterocycles. The SMILES string of the molecule is C[C@@H](C(=O)n1c2ccccc2c2ccccc21)N1CCN(c2cccc(C(F)(F)F)c2)CC1. The number of benzene rings is 3. The fourth-order valence-corrected chi connectivity index (χ4v) is 4.75. The van der Waals surface area contributed by atoms with Crippen LogP contribution >= 0.6 is 0 Å². The van der Waals surface area contributed by atoms with Crippen molar-refractivity contribution >= 4 is 33.4 Å². The summed E-state index contributed by atoms with van der Waals surface area (Å²) in [4.78, 5) is 17.7. The van der Waals surface area contributed by atoms with E-state index in [-0.39, 0.29) is 11.9 Å². The van der Waals surface area contributed by atoms with Crippen molar-refractivity contribution in [1.82, 2.24) is 9.47 Å². The van der Waals surface area contributed by atoms with Gasteiger partial charge >= 0.3 is 6.18 Å². The second-order valence-corrected chi connectivity index (χ2v) is 8.46. The summed E-state index contributed by atoms with van der Waals surface area (Å²) in [7, 11) is 0. The van der Waals surface area contributed by atoms with Crippen LogP contribution in [0.25, 0.3) is 21.8 Å². The molecule has 0 saturated carbocycles. The van der Waals surface area contributed by atoms with Gasteiger partial charge in [-0.15, -0.1) is 0 Å². The third-order valence-electron chi connectivity index (χ3n) is 6.56. The van der Waals surface area contributed by atoms with Gasteiger partial charge in [-0.05, 0) is 37.3 Å². The van der Waals surface area contributed by atoms with E-state index in [1.165, 1.54) is 12.1 Å². The highest BCUT2D eigenvalue weighted by Crippen LogP contribution is 2.32. The summed E-state index contributed by atoms with van der Waals surface area (Å²) in [5.74, 6) is -0.0000752. The fraction of sp³-hybridized carbons (Fsp3) is 0.269. The van der Waals surface area contributed by atoms with E-state index < -0.39 is 11.7 Å². The Bertz CT molecular complexity index is 1270. The molecule has 4 aromatic rings. The molecule has 0 radical (unpaired) electrons. The second kappa shape index (κ2) is 8.23. The first-order valence-corrected chi connectivity index (χ1v) is 11.0. The molecule has 1 fully saturated rings. The smallest absolute Gasteiger partial charge is 0.369 e. The topological polar surface area (TPSA) is 28.5 Å². The highest BCUT2D eigenvalue weighted by Gasteiger charge is 2.32. The largest absolute Gasteiger partial charge is 0.416 e. The lowest BCUT2D eigenvalue weighted by Crippen LogP contribution is -2.52. The number of anilines is 1. The molecule has 0 spiro atoms. The van der Waals surface area contributed by atoms with Crippen LogP contribution in [0.2, 0.25) is 0 Å². The van der Waals surface area contributed by atoms with Crippen LogP contribution in [0.4, 0.5) is 18.9 Å². The highest BCUT2D eigenvalue weighted by molar-refractivity contribution is 6.13. The fourth-order valence-electron chi connectivity index (χ4n) is 4.75. The summed E-state index contributed by atoms with van der Waals surface area (Å²) < 4.78 is 41.0. The lowest BCUT2D eigenvalue weighted by molar-refractivity contribution is -0.137. The van der Waals surface area contributed by atoms with E-state index in [0.717, 1.165) is 27.9 Å². The minimum absolute atomic E-state index is 0.0000752. The van der Waals surface area contributed by atoms with Crippen molar-refractivity contribution in [2.75, 3.05) is 31.1 Å². The molecule has 0 amide bonds. The van der Waals surface area contributed by atoms with E-state index >= 15 is 0 Å². The number of piperazine rings is 1. The lowest BCUT2D eigenvalue weighted by Gasteiger charge is -2.38. The van der Waals surface area contributed by atoms with Gasteiger partial charge in [0.25, 0.3) is 0 Å². The average molecular weight is 451 g/mol. The molecular formula is C26H24F3N3O. The summed E-state index contributed by atoms with van der Waals surface area (Å²) in [6, 6.07) is 20.9. The Balaban J connectivity index is 1.36. The Morgan fingerprint density at radius 1 is 0.818 bits per heavy atom. The standard InChI is InChI=1S/C26H24F3N3O/c1-18(25(33)32-23-11-4-2-9-21(23)22-10-3-5-12-24(22)32)30-13-15-31(16-14-30)20-8-6-7-19(17-20)26(27,28)29/h2-12,17-18H,13-16H2,1H3/t18-/m0/s1. The molecule has 1 atom stereocenters. The van der Waals surface area contributed by atoms with Crippen molar-refractivity contribution in [2.24, 2.45) is 0 Å². The van der Waals surface area contributed by atoms with Gasteiger partial charge in [0.05, 0.1) is 22.6 Å². The van der Waals surface area contributed by atoms with Crippen LogP contribution in [0.15, 0.2) is 72.8 Å². The second-order valence-electron chi connectivity index (χ2n) is 8.46. The van der Waals surface area contributed by atoms with Gasteiger partial charge in [0.2, 0.25) is 5.91 Å². The number of para-hydroxylation sites is 2. The summed E-state index contributed by atoms with van der Waals surface area (Å²) in [6.07, 6.45) is -4.36. The summed E-state index contributed by atoms with van der Waals surface area (Å²) >= 11 is 0. The zero-order chi connectivity index (χ0) is 23.2. The maximum Gasteiger partial charge on any atom is 0.416 e. The van der Waals surface area contributed by atoms with Crippen molar-refractivity contribution in [3.8, 4) is 0 Å². The van der Waals surface area contributed by atoms with Crippen LogP contribution in [-0.4, -0.2) is 47.6 Å². The van der Waals surface area contributed by atoms with E-state index in [1.807, 2.05) is 60.4 Å². The molecule has 0 unspecified atom stereocenters. The van der Waals surface area contributed by atoms with E-state index in [4.69, 9.17) is 0 Å². The monoisotopic (exact) mass is 451 g/mol. The molecule has 4 nitrogen and oxygen atoms in total. The molecule has 1 saturated heterocycles. The van der Waals surface area contributed by atoms with Crippen molar-refractivity contribution in [1.29, 1.82) is 0 Å². The maximum absolute atomic E-state index is 13.6. The number of fused-ring (bicyclic) bond motifs is 3. The molecule has 2 heterocycles. The molecule has 170 valence electrons. The number of carbonyl (C=O) groups is 1. The molecule has 0 bridgehead atoms. The molecule has 0 N–H and O–H groups in total. The van der Waals surface area contributed by atoms with E-state index in [9.17, 15) is 18.0 Å². The van der Waals surface area contributed by atoms with Gasteiger partial charge in [-0.3, -0.25) is 14.3 Å². The number of carbonyl (C=O) groups excluding carboxylic acids is 1. The van der Waals surface area contributed by atoms with Gasteiger partial charge in [-0.1, -0.05) is 42.5 Å². The van der Waals surface area contributed by atoms with Gasteiger partial charge in [0.1, 0.15) is 0 Å². The van der Waals surface area contributed by atoms with Gasteiger partial charge in [0, 0.05) is 42.6 Å². The summed E-state index contributed by atoms with van der Waals surface area (Å²) in [6.45, 7) is 4.23. The number of aromatic nitrogens is 1. The third-order valence-corrected chi connectivity index (χ3v) is 6.56. The van der Waals surface area contributed by atoms with Crippen molar-refractivity contribution in [2.45, 2.75) is 19.1 Å². The predicted octanol–water partition coefficient (Wildman–Crippen LogP) is 5.66. The zero-order valence-electron chi connectivity index (χ0n) is 18.2. The molecule has 0 aliphatic carbocycles. The normalized spacial score (nSPS) is 16.4. The van der Waals surface area contributed by atoms with E-state index in [0.29, 0.717) is 31.9 Å². The lowest BCUT2D eigenvalue weighted by atomic mass is 10.1. The number of halogens is 3. The molecule has 3 aromatic carbocycles. The first-order chi connectivity index (χ1) is 15.8. The molecule has 7 heteroatoms. The zero-order valence-corrected chi connectivity index (χ0v) is 18.2. The van der Waals surface area contributed by atoms with Crippen LogP contribution in [0.5, 0.6) is 0 Å². The van der Waals surface area contributed by atoms with Gasteiger partial charge in [0.15, 0.2) is 0 Å². The first-order valence-electron chi connectivity index (χ1n) is 11.0. The van der Waals surface area contributed by atoms with Crippen LogP contribution in [0, 0.1) is 0 Å². The Kier molecular flexibility index (Phi) is 5.37. The maximum atomic E-state index is 13.6. The predicted molar refractivity (Wildman–Crippen MR) is 125 cm³/mol. The first kappa shape index (κ1) is 21.5. The van der Waals surface area contributed by atoms with E-state index in [1.54, 1.807) is 10.6 Å². The number of hydrogen-bond acceptors (Lipinski definition) is 3. The van der Waals surface area contributed by atoms with Crippen molar-refractivity contribution in [3.05, 3.63) is 78.4 Å². The molecular weight excluding hydrogens is 427 g/mol. The van der Waals surface area contributed by atoms with Gasteiger partial charge < -0.3 is 4.90 Å². The Hall–Kier alpha value is -3.32. The Morgan fingerprint density at radius 3 is 1.97 bits per heavy atom. The molecule has 33 heavy (non-hydrogen) atoms. The Labute approximate surface area is 189 Å². The molecule has 1 aromatic heterocycles. The van der Waals surface area contributed by atoms with Crippen molar-refractivity contribution < 1.29 is 18.0 Å². The van der Waals surface area contributed by atoms with Crippen LogP contribution in [0.1, 0.15) is 17.3 Å². The molecule has 5 rings (SSSR count). The average Bonchev–Trinajstić information content (AvgIpc) is 3.17. The minimum Gasteiger partial charge on any atom is -0.369 e. The van der Waals surface area contributed by atoms with Crippen LogP contribution in [-0.2, 0) is 6.18 Å². The quantitative estimate of drug-likeness (QED) is 0.402. The number of rotatable bonds is 3. The van der Waals surface area contributed by atoms with Gasteiger partial charge in [-0.25, -0.2) is 0 Å². The van der Waals surface area contributed by atoms with Gasteiger partial charge in [-0.2, -0.15) is 13.2 Å². The number of nitrogens with zero attached hydrogens (tertiary/aromatic N) is 3. The minimum atomic E-state index is -4.36. The highest BCUT2D eigenvalue weighted by atomic mass is 19.4. The van der Waals surface area contributed by atoms with Crippen molar-refractivity contribution in [3.63, 3.8) is 0 Å². The summed E-state index contributed by atoms with van der Waals surface area (Å²) in [5, 5.41) is 2.09.